The maximum atomic E-state index is 12.1. The van der Waals surface area contributed by atoms with Crippen LogP contribution in [0, 0.1) is 0 Å². The monoisotopic (exact) mass is 279 g/mol. The lowest BCUT2D eigenvalue weighted by Gasteiger charge is -1.99. The second kappa shape index (κ2) is 5.50. The molecule has 0 bridgehead atoms. The smallest absolute Gasteiger partial charge is 0.273 e. The summed E-state index contributed by atoms with van der Waals surface area (Å²) in [7, 11) is 0. The van der Waals surface area contributed by atoms with E-state index >= 15 is 0 Å². The van der Waals surface area contributed by atoms with E-state index in [0.717, 1.165) is 10.9 Å². The molecular formula is C16H13N3O2. The van der Waals surface area contributed by atoms with Crippen LogP contribution in [0.15, 0.2) is 59.8 Å². The molecule has 2 aromatic carbocycles. The Kier molecular flexibility index (Phi) is 3.39. The number of carbonyl (C=O) groups excluding carboxylic acids is 1. The van der Waals surface area contributed by atoms with E-state index < -0.39 is 0 Å². The average Bonchev–Trinajstić information content (AvgIpc) is 2.93. The topological polar surface area (TPSA) is 77.5 Å². The van der Waals surface area contributed by atoms with Crippen molar-refractivity contribution in [2.24, 2.45) is 5.10 Å². The minimum Gasteiger partial charge on any atom is -0.507 e. The summed E-state index contributed by atoms with van der Waals surface area (Å²) in [5.41, 5.74) is 4.41. The van der Waals surface area contributed by atoms with Crippen LogP contribution in [0.2, 0.25) is 0 Å². The Hall–Kier alpha value is -3.08. The van der Waals surface area contributed by atoms with Crippen molar-refractivity contribution in [2.45, 2.75) is 0 Å². The van der Waals surface area contributed by atoms with Gasteiger partial charge in [0.2, 0.25) is 0 Å². The van der Waals surface area contributed by atoms with Gasteiger partial charge < -0.3 is 10.1 Å². The first kappa shape index (κ1) is 12.9. The van der Waals surface area contributed by atoms with Gasteiger partial charge >= 0.3 is 0 Å². The molecule has 0 spiro atoms. The van der Waals surface area contributed by atoms with Crippen molar-refractivity contribution in [3.63, 3.8) is 0 Å². The number of aromatic amines is 1. The first-order valence-corrected chi connectivity index (χ1v) is 6.43. The Balaban J connectivity index is 1.77. The van der Waals surface area contributed by atoms with Crippen LogP contribution in [0.1, 0.15) is 15.9 Å². The number of hydrogen-bond donors (Lipinski definition) is 3. The van der Waals surface area contributed by atoms with Crippen LogP contribution in [-0.2, 0) is 0 Å². The van der Waals surface area contributed by atoms with Gasteiger partial charge in [0, 0.05) is 22.7 Å². The summed E-state index contributed by atoms with van der Waals surface area (Å²) in [5, 5.41) is 14.3. The highest BCUT2D eigenvalue weighted by Crippen LogP contribution is 2.17. The van der Waals surface area contributed by atoms with Crippen molar-refractivity contribution < 1.29 is 9.90 Å². The Morgan fingerprint density at radius 3 is 2.76 bits per heavy atom. The number of hydrazone groups is 1. The molecule has 0 aliphatic heterocycles. The largest absolute Gasteiger partial charge is 0.507 e. The number of phenols is 1. The summed E-state index contributed by atoms with van der Waals surface area (Å²) in [5.74, 6) is -0.193. The van der Waals surface area contributed by atoms with Crippen molar-refractivity contribution in [3.8, 4) is 5.75 Å². The van der Waals surface area contributed by atoms with Crippen LogP contribution in [0.4, 0.5) is 0 Å². The fourth-order valence-electron chi connectivity index (χ4n) is 2.08. The number of hydrogen-bond acceptors (Lipinski definition) is 3. The summed E-state index contributed by atoms with van der Waals surface area (Å²) in [6, 6.07) is 14.3. The molecule has 3 N–H and O–H groups in total. The lowest BCUT2D eigenvalue weighted by Crippen LogP contribution is -2.17. The van der Waals surface area contributed by atoms with Gasteiger partial charge in [-0.15, -0.1) is 0 Å². The molecule has 3 rings (SSSR count). The zero-order valence-corrected chi connectivity index (χ0v) is 11.1. The molecule has 0 fully saturated rings. The molecule has 1 amide bonds. The minimum atomic E-state index is -0.306. The molecule has 0 radical (unpaired) electrons. The molecule has 5 heteroatoms. The molecule has 1 heterocycles. The Bertz CT molecular complexity index is 821. The lowest BCUT2D eigenvalue weighted by atomic mass is 10.2. The number of nitrogens with one attached hydrogen (secondary N) is 2. The number of nitrogens with zero attached hydrogens (tertiary/aromatic N) is 1. The Morgan fingerprint density at radius 2 is 1.90 bits per heavy atom. The quantitative estimate of drug-likeness (QED) is 0.509. The highest BCUT2D eigenvalue weighted by molar-refractivity contribution is 6.06. The molecule has 3 aromatic rings. The summed E-state index contributed by atoms with van der Waals surface area (Å²) < 4.78 is 0. The van der Waals surface area contributed by atoms with Crippen molar-refractivity contribution in [3.05, 3.63) is 65.9 Å². The summed E-state index contributed by atoms with van der Waals surface area (Å²) in [6.45, 7) is 0. The number of carbonyl (C=O) groups is 1. The SMILES string of the molecule is O=C(NN=Cc1ccccc1O)c1c[nH]c2ccccc12. The van der Waals surface area contributed by atoms with Crippen LogP contribution in [-0.4, -0.2) is 22.2 Å². The number of para-hydroxylation sites is 2. The zero-order valence-electron chi connectivity index (χ0n) is 11.1. The molecule has 0 unspecified atom stereocenters. The normalized spacial score (nSPS) is 11.0. The van der Waals surface area contributed by atoms with Crippen LogP contribution in [0.5, 0.6) is 5.75 Å². The van der Waals surface area contributed by atoms with Crippen molar-refractivity contribution in [1.82, 2.24) is 10.4 Å². The first-order valence-electron chi connectivity index (χ1n) is 6.43. The van der Waals surface area contributed by atoms with Gasteiger partial charge in [-0.3, -0.25) is 4.79 Å². The van der Waals surface area contributed by atoms with Gasteiger partial charge in [-0.2, -0.15) is 5.10 Å². The number of aromatic nitrogens is 1. The predicted molar refractivity (Wildman–Crippen MR) is 81.5 cm³/mol. The minimum absolute atomic E-state index is 0.114. The molecule has 104 valence electrons. The predicted octanol–water partition coefficient (Wildman–Crippen LogP) is 2.64. The molecule has 21 heavy (non-hydrogen) atoms. The second-order valence-corrected chi connectivity index (χ2v) is 4.51. The molecule has 0 aliphatic carbocycles. The highest BCUT2D eigenvalue weighted by Gasteiger charge is 2.10. The first-order chi connectivity index (χ1) is 10.3. The van der Waals surface area contributed by atoms with E-state index in [2.05, 4.69) is 15.5 Å². The number of aromatic hydroxyl groups is 1. The fraction of sp³-hybridized carbons (Fsp3) is 0. The van der Waals surface area contributed by atoms with E-state index in [-0.39, 0.29) is 11.7 Å². The van der Waals surface area contributed by atoms with Crippen LogP contribution < -0.4 is 5.43 Å². The molecule has 0 aliphatic rings. The van der Waals surface area contributed by atoms with E-state index in [1.165, 1.54) is 6.21 Å². The van der Waals surface area contributed by atoms with Crippen molar-refractivity contribution in [1.29, 1.82) is 0 Å². The van der Waals surface area contributed by atoms with E-state index in [9.17, 15) is 9.90 Å². The van der Waals surface area contributed by atoms with Crippen LogP contribution >= 0.6 is 0 Å². The summed E-state index contributed by atoms with van der Waals surface area (Å²) in [6.07, 6.45) is 3.05. The van der Waals surface area contributed by atoms with Gasteiger partial charge in [0.15, 0.2) is 0 Å². The molecule has 0 saturated carbocycles. The summed E-state index contributed by atoms with van der Waals surface area (Å²) >= 11 is 0. The number of phenolic OH excluding ortho intramolecular Hbond substituents is 1. The number of rotatable bonds is 3. The van der Waals surface area contributed by atoms with E-state index in [1.807, 2.05) is 24.3 Å². The van der Waals surface area contributed by atoms with Crippen LogP contribution in [0.3, 0.4) is 0 Å². The summed E-state index contributed by atoms with van der Waals surface area (Å²) in [4.78, 5) is 15.1. The third-order valence-electron chi connectivity index (χ3n) is 3.14. The maximum absolute atomic E-state index is 12.1. The van der Waals surface area contributed by atoms with Crippen molar-refractivity contribution >= 4 is 23.0 Å². The molecule has 0 saturated heterocycles. The third kappa shape index (κ3) is 2.62. The number of amides is 1. The van der Waals surface area contributed by atoms with Gasteiger partial charge in [0.1, 0.15) is 5.75 Å². The Morgan fingerprint density at radius 1 is 1.14 bits per heavy atom. The average molecular weight is 279 g/mol. The third-order valence-corrected chi connectivity index (χ3v) is 3.14. The number of H-pyrrole nitrogens is 1. The van der Waals surface area contributed by atoms with Gasteiger partial charge in [-0.05, 0) is 18.2 Å². The van der Waals surface area contributed by atoms with Gasteiger partial charge in [0.05, 0.1) is 11.8 Å². The molecule has 1 aromatic heterocycles. The zero-order chi connectivity index (χ0) is 14.7. The standard InChI is InChI=1S/C16H13N3O2/c20-15-8-4-1-5-11(15)9-18-19-16(21)13-10-17-14-7-3-2-6-12(13)14/h1-10,17,20H,(H,19,21). The van der Waals surface area contributed by atoms with Crippen LogP contribution in [0.25, 0.3) is 10.9 Å². The maximum Gasteiger partial charge on any atom is 0.273 e. The fourth-order valence-corrected chi connectivity index (χ4v) is 2.08. The van der Waals surface area contributed by atoms with Crippen molar-refractivity contribution in [2.75, 3.05) is 0 Å². The van der Waals surface area contributed by atoms with Gasteiger partial charge in [-0.1, -0.05) is 30.3 Å². The van der Waals surface area contributed by atoms with Gasteiger partial charge in [0.25, 0.3) is 5.91 Å². The highest BCUT2D eigenvalue weighted by atomic mass is 16.3. The number of benzene rings is 2. The molecule has 0 atom stereocenters. The molecule has 5 nitrogen and oxygen atoms in total. The Labute approximate surface area is 120 Å². The second-order valence-electron chi connectivity index (χ2n) is 4.51. The molecular weight excluding hydrogens is 266 g/mol. The van der Waals surface area contributed by atoms with E-state index in [0.29, 0.717) is 11.1 Å². The number of fused-ring (bicyclic) bond motifs is 1. The van der Waals surface area contributed by atoms with E-state index in [1.54, 1.807) is 30.5 Å². The van der Waals surface area contributed by atoms with Gasteiger partial charge in [-0.25, -0.2) is 5.43 Å². The lowest BCUT2D eigenvalue weighted by molar-refractivity contribution is 0.0957. The van der Waals surface area contributed by atoms with E-state index in [4.69, 9.17) is 0 Å².